The Bertz CT molecular complexity index is 618. The van der Waals surface area contributed by atoms with Crippen molar-refractivity contribution < 1.29 is 0 Å². The topological polar surface area (TPSA) is 82.8 Å². The lowest BCUT2D eigenvalue weighted by Gasteiger charge is -2.20. The highest BCUT2D eigenvalue weighted by atomic mass is 15.1. The fourth-order valence-corrected chi connectivity index (χ4v) is 3.44. The zero-order valence-electron chi connectivity index (χ0n) is 11.7. The Morgan fingerprint density at radius 2 is 1.89 bits per heavy atom. The standard InChI is InChI=1S/C14H21N5/c1-7-4-11(9(3)8(7)2)19-5-10(15)12-13(16)17-6-18-14(12)19/h5-9,11H,4,15H2,1-3H3,(H2,16,17,18). The summed E-state index contributed by atoms with van der Waals surface area (Å²) in [6, 6.07) is 0.444. The molecule has 2 aromatic rings. The molecule has 1 aliphatic carbocycles. The van der Waals surface area contributed by atoms with Crippen molar-refractivity contribution in [3.05, 3.63) is 12.5 Å². The van der Waals surface area contributed by atoms with Gasteiger partial charge < -0.3 is 16.0 Å². The van der Waals surface area contributed by atoms with Crippen molar-refractivity contribution in [3.63, 3.8) is 0 Å². The average Bonchev–Trinajstić information content (AvgIpc) is 2.83. The molecule has 2 heterocycles. The summed E-state index contributed by atoms with van der Waals surface area (Å²) >= 11 is 0. The number of fused-ring (bicyclic) bond motifs is 1. The van der Waals surface area contributed by atoms with E-state index in [-0.39, 0.29) is 0 Å². The van der Waals surface area contributed by atoms with Crippen molar-refractivity contribution in [2.24, 2.45) is 17.8 Å². The van der Waals surface area contributed by atoms with Gasteiger partial charge in [0.15, 0.2) is 0 Å². The van der Waals surface area contributed by atoms with Gasteiger partial charge in [0.25, 0.3) is 0 Å². The van der Waals surface area contributed by atoms with E-state index in [4.69, 9.17) is 11.5 Å². The van der Waals surface area contributed by atoms with Crippen LogP contribution in [-0.4, -0.2) is 14.5 Å². The van der Waals surface area contributed by atoms with E-state index in [0.29, 0.717) is 29.4 Å². The number of nitrogens with two attached hydrogens (primary N) is 2. The maximum atomic E-state index is 6.08. The van der Waals surface area contributed by atoms with Crippen LogP contribution in [0.25, 0.3) is 11.0 Å². The van der Waals surface area contributed by atoms with Crippen LogP contribution in [0, 0.1) is 17.8 Å². The molecule has 0 aromatic carbocycles. The summed E-state index contributed by atoms with van der Waals surface area (Å²) < 4.78 is 2.20. The molecule has 0 amide bonds. The van der Waals surface area contributed by atoms with Crippen LogP contribution in [-0.2, 0) is 0 Å². The molecule has 3 rings (SSSR count). The quantitative estimate of drug-likeness (QED) is 0.824. The number of nitrogens with zero attached hydrogens (tertiary/aromatic N) is 3. The number of anilines is 2. The maximum Gasteiger partial charge on any atom is 0.147 e. The molecule has 0 saturated heterocycles. The predicted octanol–water partition coefficient (Wildman–Crippen LogP) is 2.45. The van der Waals surface area contributed by atoms with Crippen LogP contribution in [0.3, 0.4) is 0 Å². The van der Waals surface area contributed by atoms with Crippen molar-refractivity contribution >= 4 is 22.5 Å². The summed E-state index contributed by atoms with van der Waals surface area (Å²) in [4.78, 5) is 8.41. The number of hydrogen-bond donors (Lipinski definition) is 2. The summed E-state index contributed by atoms with van der Waals surface area (Å²) in [5, 5.41) is 0.793. The SMILES string of the molecule is CC1CC(n2cc(N)c3c(N)ncnc32)C(C)C1C. The molecule has 0 spiro atoms. The first kappa shape index (κ1) is 12.3. The minimum atomic E-state index is 0.444. The lowest BCUT2D eigenvalue weighted by atomic mass is 9.93. The Morgan fingerprint density at radius 3 is 2.53 bits per heavy atom. The van der Waals surface area contributed by atoms with E-state index in [2.05, 4.69) is 35.3 Å². The zero-order valence-corrected chi connectivity index (χ0v) is 11.7. The molecule has 0 bridgehead atoms. The third-order valence-electron chi connectivity index (χ3n) is 4.97. The van der Waals surface area contributed by atoms with Gasteiger partial charge in [-0.05, 0) is 24.2 Å². The summed E-state index contributed by atoms with van der Waals surface area (Å²) in [6.45, 7) is 6.96. The van der Waals surface area contributed by atoms with Gasteiger partial charge in [-0.2, -0.15) is 0 Å². The van der Waals surface area contributed by atoms with Crippen molar-refractivity contribution in [2.45, 2.75) is 33.2 Å². The van der Waals surface area contributed by atoms with Crippen LogP contribution in [0.2, 0.25) is 0 Å². The first-order chi connectivity index (χ1) is 9.00. The van der Waals surface area contributed by atoms with Crippen LogP contribution in [0.15, 0.2) is 12.5 Å². The van der Waals surface area contributed by atoms with E-state index in [0.717, 1.165) is 23.4 Å². The minimum Gasteiger partial charge on any atom is -0.397 e. The normalized spacial score (nSPS) is 31.1. The summed E-state index contributed by atoms with van der Waals surface area (Å²) in [7, 11) is 0. The van der Waals surface area contributed by atoms with E-state index in [9.17, 15) is 0 Å². The zero-order chi connectivity index (χ0) is 13.7. The third-order valence-corrected chi connectivity index (χ3v) is 4.97. The highest BCUT2D eigenvalue weighted by Gasteiger charge is 2.37. The predicted molar refractivity (Wildman–Crippen MR) is 77.5 cm³/mol. The van der Waals surface area contributed by atoms with E-state index in [1.54, 1.807) is 0 Å². The van der Waals surface area contributed by atoms with Gasteiger partial charge in [-0.25, -0.2) is 9.97 Å². The molecule has 1 fully saturated rings. The number of rotatable bonds is 1. The van der Waals surface area contributed by atoms with Gasteiger partial charge >= 0.3 is 0 Å². The van der Waals surface area contributed by atoms with Gasteiger partial charge in [-0.3, -0.25) is 0 Å². The number of aromatic nitrogens is 3. The molecule has 5 nitrogen and oxygen atoms in total. The first-order valence-corrected chi connectivity index (χ1v) is 6.87. The average molecular weight is 259 g/mol. The van der Waals surface area contributed by atoms with E-state index in [1.165, 1.54) is 6.33 Å². The van der Waals surface area contributed by atoms with Crippen molar-refractivity contribution in [1.82, 2.24) is 14.5 Å². The van der Waals surface area contributed by atoms with Gasteiger partial charge in [-0.1, -0.05) is 20.8 Å². The fourth-order valence-electron chi connectivity index (χ4n) is 3.44. The monoisotopic (exact) mass is 259 g/mol. The summed E-state index contributed by atoms with van der Waals surface area (Å²) in [5.74, 6) is 2.51. The lowest BCUT2D eigenvalue weighted by molar-refractivity contribution is 0.340. The van der Waals surface area contributed by atoms with Crippen LogP contribution >= 0.6 is 0 Å². The fraction of sp³-hybridized carbons (Fsp3) is 0.571. The number of nitrogen functional groups attached to an aromatic ring is 2. The van der Waals surface area contributed by atoms with Crippen molar-refractivity contribution in [2.75, 3.05) is 11.5 Å². The molecular formula is C14H21N5. The Labute approximate surface area is 113 Å². The molecule has 102 valence electrons. The van der Waals surface area contributed by atoms with Crippen LogP contribution in [0.1, 0.15) is 33.2 Å². The molecule has 0 radical (unpaired) electrons. The van der Waals surface area contributed by atoms with Crippen LogP contribution in [0.5, 0.6) is 0 Å². The Hall–Kier alpha value is -1.78. The van der Waals surface area contributed by atoms with E-state index in [1.807, 2.05) is 6.20 Å². The molecule has 4 unspecified atom stereocenters. The highest BCUT2D eigenvalue weighted by Crippen LogP contribution is 2.45. The van der Waals surface area contributed by atoms with E-state index >= 15 is 0 Å². The second kappa shape index (κ2) is 4.11. The van der Waals surface area contributed by atoms with Gasteiger partial charge in [0.1, 0.15) is 17.8 Å². The molecule has 4 N–H and O–H groups in total. The molecule has 2 aromatic heterocycles. The minimum absolute atomic E-state index is 0.444. The molecular weight excluding hydrogens is 238 g/mol. The molecule has 4 atom stereocenters. The summed E-state index contributed by atoms with van der Waals surface area (Å²) in [6.07, 6.45) is 4.65. The molecule has 0 aliphatic heterocycles. The van der Waals surface area contributed by atoms with Crippen LogP contribution < -0.4 is 11.5 Å². The number of hydrogen-bond acceptors (Lipinski definition) is 4. The Morgan fingerprint density at radius 1 is 1.16 bits per heavy atom. The Kier molecular flexibility index (Phi) is 2.66. The largest absolute Gasteiger partial charge is 0.397 e. The molecule has 5 heteroatoms. The molecule has 1 saturated carbocycles. The first-order valence-electron chi connectivity index (χ1n) is 6.87. The maximum absolute atomic E-state index is 6.08. The van der Waals surface area contributed by atoms with Crippen molar-refractivity contribution in [3.8, 4) is 0 Å². The van der Waals surface area contributed by atoms with Crippen molar-refractivity contribution in [1.29, 1.82) is 0 Å². The summed E-state index contributed by atoms with van der Waals surface area (Å²) in [5.41, 5.74) is 13.5. The van der Waals surface area contributed by atoms with E-state index < -0.39 is 0 Å². The second-order valence-corrected chi connectivity index (χ2v) is 5.95. The second-order valence-electron chi connectivity index (χ2n) is 5.95. The van der Waals surface area contributed by atoms with Gasteiger partial charge in [0.05, 0.1) is 11.1 Å². The molecule has 19 heavy (non-hydrogen) atoms. The Balaban J connectivity index is 2.14. The highest BCUT2D eigenvalue weighted by molar-refractivity contribution is 5.97. The lowest BCUT2D eigenvalue weighted by Crippen LogP contribution is -2.14. The van der Waals surface area contributed by atoms with Gasteiger partial charge in [-0.15, -0.1) is 0 Å². The van der Waals surface area contributed by atoms with Gasteiger partial charge in [0, 0.05) is 12.2 Å². The van der Waals surface area contributed by atoms with Gasteiger partial charge in [0.2, 0.25) is 0 Å². The smallest absolute Gasteiger partial charge is 0.147 e. The third kappa shape index (κ3) is 1.68. The van der Waals surface area contributed by atoms with Crippen LogP contribution in [0.4, 0.5) is 11.5 Å². The molecule has 1 aliphatic rings.